The first kappa shape index (κ1) is 15.3. The van der Waals surface area contributed by atoms with E-state index in [4.69, 9.17) is 5.26 Å². The van der Waals surface area contributed by atoms with Gasteiger partial charge in [-0.1, -0.05) is 6.07 Å². The molecule has 0 radical (unpaired) electrons. The zero-order valence-electron chi connectivity index (χ0n) is 12.0. The third-order valence-corrected chi connectivity index (χ3v) is 3.95. The maximum Gasteiger partial charge on any atom is 0.162 e. The first-order chi connectivity index (χ1) is 9.93. The Labute approximate surface area is 132 Å². The maximum atomic E-state index is 14.2. The maximum absolute atomic E-state index is 14.2. The van der Waals surface area contributed by atoms with Crippen LogP contribution in [0.1, 0.15) is 11.1 Å². The summed E-state index contributed by atoms with van der Waals surface area (Å²) in [5.41, 5.74) is 3.60. The monoisotopic (exact) mass is 347 g/mol. The molecule has 0 saturated carbocycles. The van der Waals surface area contributed by atoms with Gasteiger partial charge in [-0.15, -0.1) is 0 Å². The lowest BCUT2D eigenvalue weighted by Gasteiger charge is -2.18. The molecule has 0 saturated heterocycles. The minimum atomic E-state index is -0.471. The second kappa shape index (κ2) is 6.15. The van der Waals surface area contributed by atoms with E-state index in [0.29, 0.717) is 5.69 Å². The normalized spacial score (nSPS) is 10.1. The molecular weight excluding hydrogens is 333 g/mol. The zero-order chi connectivity index (χ0) is 15.6. The third-order valence-electron chi connectivity index (χ3n) is 3.17. The molecule has 2 aromatic rings. The molecule has 0 aliphatic rings. The fourth-order valence-electron chi connectivity index (χ4n) is 2.06. The second-order valence-electron chi connectivity index (χ2n) is 4.92. The van der Waals surface area contributed by atoms with Gasteiger partial charge in [0.25, 0.3) is 0 Å². The number of nitriles is 1. The number of nitrogens with one attached hydrogen (secondary N) is 1. The number of aryl methyl sites for hydroxylation is 1. The molecule has 1 N–H and O–H groups in total. The summed E-state index contributed by atoms with van der Waals surface area (Å²) in [4.78, 5) is 2.01. The zero-order valence-corrected chi connectivity index (χ0v) is 13.6. The summed E-state index contributed by atoms with van der Waals surface area (Å²) in [6.07, 6.45) is 0. The number of hydrogen-bond acceptors (Lipinski definition) is 3. The molecule has 0 bridgehead atoms. The lowest BCUT2D eigenvalue weighted by Crippen LogP contribution is -2.10. The number of hydrogen-bond donors (Lipinski definition) is 1. The Bertz CT molecular complexity index is 720. The summed E-state index contributed by atoms with van der Waals surface area (Å²) in [5.74, 6) is -0.471. The summed E-state index contributed by atoms with van der Waals surface area (Å²) in [6.45, 7) is 2.03. The summed E-state index contributed by atoms with van der Waals surface area (Å²) in [7, 11) is 3.93. The van der Waals surface area contributed by atoms with Crippen molar-refractivity contribution in [2.45, 2.75) is 6.92 Å². The van der Waals surface area contributed by atoms with Crippen LogP contribution in [-0.2, 0) is 0 Å². The molecule has 21 heavy (non-hydrogen) atoms. The Hall–Kier alpha value is -2.06. The van der Waals surface area contributed by atoms with Gasteiger partial charge in [-0.25, -0.2) is 4.39 Å². The topological polar surface area (TPSA) is 39.1 Å². The molecule has 5 heteroatoms. The largest absolute Gasteiger partial charge is 0.377 e. The van der Waals surface area contributed by atoms with Gasteiger partial charge in [-0.05, 0) is 52.7 Å². The minimum Gasteiger partial charge on any atom is -0.377 e. The van der Waals surface area contributed by atoms with Crippen molar-refractivity contribution >= 4 is 33.0 Å². The fourth-order valence-corrected chi connectivity index (χ4v) is 2.49. The molecular formula is C16H15BrFN3. The van der Waals surface area contributed by atoms with Crippen LogP contribution in [0, 0.1) is 24.1 Å². The summed E-state index contributed by atoms with van der Waals surface area (Å²) < 4.78 is 14.4. The Morgan fingerprint density at radius 2 is 1.95 bits per heavy atom. The van der Waals surface area contributed by atoms with Gasteiger partial charge >= 0.3 is 0 Å². The molecule has 0 amide bonds. The Morgan fingerprint density at radius 1 is 1.24 bits per heavy atom. The molecule has 0 fully saturated rings. The molecule has 2 aromatic carbocycles. The molecule has 108 valence electrons. The number of anilines is 3. The van der Waals surface area contributed by atoms with Gasteiger partial charge < -0.3 is 10.2 Å². The van der Waals surface area contributed by atoms with Gasteiger partial charge in [0, 0.05) is 25.5 Å². The van der Waals surface area contributed by atoms with Crippen molar-refractivity contribution < 1.29 is 4.39 Å². The predicted molar refractivity (Wildman–Crippen MR) is 87.6 cm³/mol. The van der Waals surface area contributed by atoms with E-state index in [1.165, 1.54) is 0 Å². The molecule has 3 nitrogen and oxygen atoms in total. The number of halogens is 2. The third kappa shape index (κ3) is 3.17. The van der Waals surface area contributed by atoms with Crippen LogP contribution < -0.4 is 10.2 Å². The second-order valence-corrected chi connectivity index (χ2v) is 5.71. The van der Waals surface area contributed by atoms with Crippen molar-refractivity contribution in [3.63, 3.8) is 0 Å². The summed E-state index contributed by atoms with van der Waals surface area (Å²) in [6, 6.07) is 10.9. The number of rotatable bonds is 3. The smallest absolute Gasteiger partial charge is 0.162 e. The van der Waals surface area contributed by atoms with Crippen LogP contribution in [0.15, 0.2) is 34.8 Å². The Balaban J connectivity index is 2.37. The van der Waals surface area contributed by atoms with Crippen molar-refractivity contribution in [2.75, 3.05) is 24.3 Å². The fraction of sp³-hybridized carbons (Fsp3) is 0.188. The van der Waals surface area contributed by atoms with E-state index >= 15 is 0 Å². The first-order valence-corrected chi connectivity index (χ1v) is 7.16. The summed E-state index contributed by atoms with van der Waals surface area (Å²) >= 11 is 3.11. The van der Waals surface area contributed by atoms with Crippen molar-refractivity contribution in [1.82, 2.24) is 0 Å². The van der Waals surface area contributed by atoms with E-state index in [9.17, 15) is 4.39 Å². The predicted octanol–water partition coefficient (Wildman–Crippen LogP) is 4.58. The van der Waals surface area contributed by atoms with Crippen LogP contribution in [0.2, 0.25) is 0 Å². The quantitative estimate of drug-likeness (QED) is 0.883. The van der Waals surface area contributed by atoms with Crippen LogP contribution in [0.3, 0.4) is 0 Å². The van der Waals surface area contributed by atoms with Crippen LogP contribution >= 0.6 is 15.9 Å². The van der Waals surface area contributed by atoms with Gasteiger partial charge in [-0.2, -0.15) is 5.26 Å². The minimum absolute atomic E-state index is 0.176. The van der Waals surface area contributed by atoms with Gasteiger partial charge in [0.15, 0.2) is 5.82 Å². The SMILES string of the molecule is Cc1ccc(Nc2ccc(C#N)c(Br)c2F)cc1N(C)C. The van der Waals surface area contributed by atoms with E-state index in [2.05, 4.69) is 21.2 Å². The van der Waals surface area contributed by atoms with Gasteiger partial charge in [0.2, 0.25) is 0 Å². The van der Waals surface area contributed by atoms with E-state index in [0.717, 1.165) is 16.9 Å². The van der Waals surface area contributed by atoms with Crippen LogP contribution in [0.5, 0.6) is 0 Å². The highest BCUT2D eigenvalue weighted by Crippen LogP contribution is 2.30. The van der Waals surface area contributed by atoms with Crippen molar-refractivity contribution in [1.29, 1.82) is 5.26 Å². The van der Waals surface area contributed by atoms with Crippen molar-refractivity contribution in [3.05, 3.63) is 51.7 Å². The Kier molecular flexibility index (Phi) is 4.49. The van der Waals surface area contributed by atoms with Crippen LogP contribution in [0.25, 0.3) is 0 Å². The lowest BCUT2D eigenvalue weighted by molar-refractivity contribution is 0.624. The average Bonchev–Trinajstić information content (AvgIpc) is 2.46. The van der Waals surface area contributed by atoms with Gasteiger partial charge in [-0.3, -0.25) is 0 Å². The lowest BCUT2D eigenvalue weighted by atomic mass is 10.1. The average molecular weight is 348 g/mol. The molecule has 0 aliphatic carbocycles. The van der Waals surface area contributed by atoms with E-state index in [1.54, 1.807) is 12.1 Å². The highest BCUT2D eigenvalue weighted by molar-refractivity contribution is 9.10. The molecule has 0 aromatic heterocycles. The van der Waals surface area contributed by atoms with Gasteiger partial charge in [0.1, 0.15) is 6.07 Å². The van der Waals surface area contributed by atoms with Crippen molar-refractivity contribution in [3.8, 4) is 6.07 Å². The molecule has 0 atom stereocenters. The highest BCUT2D eigenvalue weighted by atomic mass is 79.9. The molecule has 0 spiro atoms. The van der Waals surface area contributed by atoms with Gasteiger partial charge in [0.05, 0.1) is 15.7 Å². The van der Waals surface area contributed by atoms with E-state index < -0.39 is 5.82 Å². The van der Waals surface area contributed by atoms with E-state index in [1.807, 2.05) is 50.2 Å². The standard InChI is InChI=1S/C16H15BrFN3/c1-10-4-6-12(8-14(10)21(2)3)20-13-7-5-11(9-19)15(17)16(13)18/h4-8,20H,1-3H3. The molecule has 0 unspecified atom stereocenters. The number of nitrogens with zero attached hydrogens (tertiary/aromatic N) is 2. The Morgan fingerprint density at radius 3 is 2.57 bits per heavy atom. The van der Waals surface area contributed by atoms with Crippen LogP contribution in [-0.4, -0.2) is 14.1 Å². The number of benzene rings is 2. The molecule has 0 heterocycles. The molecule has 0 aliphatic heterocycles. The first-order valence-electron chi connectivity index (χ1n) is 6.37. The van der Waals surface area contributed by atoms with E-state index in [-0.39, 0.29) is 10.0 Å². The highest BCUT2D eigenvalue weighted by Gasteiger charge is 2.12. The summed E-state index contributed by atoms with van der Waals surface area (Å²) in [5, 5.41) is 11.9. The van der Waals surface area contributed by atoms with Crippen LogP contribution in [0.4, 0.5) is 21.5 Å². The van der Waals surface area contributed by atoms with Crippen molar-refractivity contribution in [2.24, 2.45) is 0 Å². The molecule has 2 rings (SSSR count).